The fourth-order valence-electron chi connectivity index (χ4n) is 1.81. The van der Waals surface area contributed by atoms with Crippen LogP contribution in [0.25, 0.3) is 6.08 Å². The van der Waals surface area contributed by atoms with Crippen LogP contribution in [0.15, 0.2) is 42.5 Å². The highest BCUT2D eigenvalue weighted by Gasteiger charge is 2.18. The monoisotopic (exact) mass is 272 g/mol. The predicted molar refractivity (Wildman–Crippen MR) is 72.6 cm³/mol. The van der Waals surface area contributed by atoms with E-state index < -0.39 is 10.8 Å². The molecule has 0 unspecified atom stereocenters. The molecule has 6 heteroatoms. The van der Waals surface area contributed by atoms with Crippen molar-refractivity contribution in [2.45, 2.75) is 6.42 Å². The second kappa shape index (κ2) is 5.92. The number of hydrogen-bond donors (Lipinski definition) is 0. The van der Waals surface area contributed by atoms with E-state index >= 15 is 0 Å². The average Bonchev–Trinajstić information content (AvgIpc) is 2.45. The third kappa shape index (κ3) is 3.17. The van der Waals surface area contributed by atoms with E-state index in [1.54, 1.807) is 12.1 Å². The number of imide groups is 1. The first-order valence-corrected chi connectivity index (χ1v) is 6.02. The molecule has 0 radical (unpaired) electrons. The highest BCUT2D eigenvalue weighted by molar-refractivity contribution is 6.06. The van der Waals surface area contributed by atoms with Crippen LogP contribution in [0.5, 0.6) is 0 Å². The molecule has 6 nitrogen and oxygen atoms in total. The molecular weight excluding hydrogens is 260 g/mol. The molecule has 0 bridgehead atoms. The molecule has 0 aromatic heterocycles. The van der Waals surface area contributed by atoms with Crippen LogP contribution >= 0.6 is 0 Å². The predicted octanol–water partition coefficient (Wildman–Crippen LogP) is 1.92. The van der Waals surface area contributed by atoms with E-state index in [1.165, 1.54) is 36.4 Å². The average molecular weight is 272 g/mol. The smallest absolute Gasteiger partial charge is 0.270 e. The quantitative estimate of drug-likeness (QED) is 0.478. The van der Waals surface area contributed by atoms with E-state index in [0.29, 0.717) is 18.5 Å². The Labute approximate surface area is 115 Å². The summed E-state index contributed by atoms with van der Waals surface area (Å²) in [5, 5.41) is 10.6. The van der Waals surface area contributed by atoms with Crippen LogP contribution in [0.2, 0.25) is 0 Å². The molecule has 2 rings (SSSR count). The lowest BCUT2D eigenvalue weighted by Gasteiger charge is -2.19. The topological polar surface area (TPSA) is 80.5 Å². The van der Waals surface area contributed by atoms with E-state index in [4.69, 9.17) is 0 Å². The fraction of sp³-hybridized carbons (Fsp3) is 0.143. The maximum atomic E-state index is 11.9. The number of nitro groups is 1. The summed E-state index contributed by atoms with van der Waals surface area (Å²) < 4.78 is 0. The molecule has 0 N–H and O–H groups in total. The molecule has 0 spiro atoms. The van der Waals surface area contributed by atoms with E-state index in [-0.39, 0.29) is 11.6 Å². The minimum absolute atomic E-state index is 0.0448. The number of carbonyl (C=O) groups excluding carboxylic acids is 2. The Morgan fingerprint density at radius 1 is 1.40 bits per heavy atom. The van der Waals surface area contributed by atoms with Gasteiger partial charge in [0, 0.05) is 24.8 Å². The number of amides is 2. The molecule has 20 heavy (non-hydrogen) atoms. The van der Waals surface area contributed by atoms with E-state index in [2.05, 4.69) is 0 Å². The van der Waals surface area contributed by atoms with Crippen molar-refractivity contribution in [2.24, 2.45) is 0 Å². The number of hydrogen-bond acceptors (Lipinski definition) is 4. The Morgan fingerprint density at radius 3 is 2.90 bits per heavy atom. The fourth-order valence-corrected chi connectivity index (χ4v) is 1.81. The number of carbonyl (C=O) groups is 2. The minimum Gasteiger partial charge on any atom is -0.275 e. The van der Waals surface area contributed by atoms with Gasteiger partial charge in [0.1, 0.15) is 0 Å². The van der Waals surface area contributed by atoms with Gasteiger partial charge >= 0.3 is 0 Å². The van der Waals surface area contributed by atoms with Crippen molar-refractivity contribution >= 4 is 23.6 Å². The van der Waals surface area contributed by atoms with Crippen molar-refractivity contribution < 1.29 is 14.5 Å². The maximum absolute atomic E-state index is 11.9. The normalized spacial score (nSPS) is 14.8. The van der Waals surface area contributed by atoms with Crippen molar-refractivity contribution in [1.29, 1.82) is 0 Å². The molecule has 0 saturated carbocycles. The van der Waals surface area contributed by atoms with Crippen molar-refractivity contribution in [2.75, 3.05) is 6.54 Å². The van der Waals surface area contributed by atoms with E-state index in [9.17, 15) is 19.7 Å². The van der Waals surface area contributed by atoms with Crippen LogP contribution in [0, 0.1) is 10.1 Å². The van der Waals surface area contributed by atoms with Crippen molar-refractivity contribution in [1.82, 2.24) is 4.90 Å². The summed E-state index contributed by atoms with van der Waals surface area (Å²) >= 11 is 0. The highest BCUT2D eigenvalue weighted by Crippen LogP contribution is 2.14. The lowest BCUT2D eigenvalue weighted by molar-refractivity contribution is -0.384. The van der Waals surface area contributed by atoms with Crippen LogP contribution in [-0.2, 0) is 9.59 Å². The van der Waals surface area contributed by atoms with Crippen molar-refractivity contribution in [3.8, 4) is 0 Å². The summed E-state index contributed by atoms with van der Waals surface area (Å²) in [4.78, 5) is 34.6. The summed E-state index contributed by atoms with van der Waals surface area (Å²) in [5.74, 6) is -0.768. The van der Waals surface area contributed by atoms with Gasteiger partial charge in [0.05, 0.1) is 4.92 Å². The molecule has 1 aromatic rings. The highest BCUT2D eigenvalue weighted by atomic mass is 16.6. The lowest BCUT2D eigenvalue weighted by atomic mass is 10.2. The largest absolute Gasteiger partial charge is 0.275 e. The van der Waals surface area contributed by atoms with Gasteiger partial charge in [-0.3, -0.25) is 24.6 Å². The van der Waals surface area contributed by atoms with Crippen LogP contribution in [0.1, 0.15) is 12.0 Å². The third-order valence-corrected chi connectivity index (χ3v) is 2.81. The Hall–Kier alpha value is -2.76. The zero-order valence-electron chi connectivity index (χ0n) is 10.6. The zero-order chi connectivity index (χ0) is 14.5. The first-order chi connectivity index (χ1) is 9.58. The second-order valence-electron chi connectivity index (χ2n) is 4.20. The molecule has 2 amide bonds. The Balaban J connectivity index is 2.11. The number of benzene rings is 1. The van der Waals surface area contributed by atoms with Crippen LogP contribution in [-0.4, -0.2) is 28.2 Å². The van der Waals surface area contributed by atoms with Gasteiger partial charge in [0.25, 0.3) is 17.5 Å². The summed E-state index contributed by atoms with van der Waals surface area (Å²) in [6.45, 7) is 0.355. The van der Waals surface area contributed by atoms with Crippen LogP contribution in [0.4, 0.5) is 5.69 Å². The van der Waals surface area contributed by atoms with Crippen LogP contribution < -0.4 is 0 Å². The summed E-state index contributed by atoms with van der Waals surface area (Å²) in [6, 6.07) is 5.92. The summed E-state index contributed by atoms with van der Waals surface area (Å²) in [7, 11) is 0. The molecule has 1 aliphatic rings. The Bertz CT molecular complexity index is 619. The van der Waals surface area contributed by atoms with Gasteiger partial charge in [0.2, 0.25) is 0 Å². The van der Waals surface area contributed by atoms with Gasteiger partial charge in [-0.25, -0.2) is 0 Å². The lowest BCUT2D eigenvalue weighted by Crippen LogP contribution is -2.37. The number of nitro benzene ring substituents is 1. The van der Waals surface area contributed by atoms with Crippen LogP contribution in [0.3, 0.4) is 0 Å². The third-order valence-electron chi connectivity index (χ3n) is 2.81. The molecule has 1 aromatic carbocycles. The molecule has 0 aliphatic carbocycles. The SMILES string of the molecule is O=C1C=CCCN1C(=O)C=Cc1cccc([N+](=O)[O-])c1. The van der Waals surface area contributed by atoms with Crippen molar-refractivity contribution in [3.05, 3.63) is 58.2 Å². The zero-order valence-corrected chi connectivity index (χ0v) is 10.6. The molecular formula is C14H12N2O4. The van der Waals surface area contributed by atoms with Gasteiger partial charge in [0.15, 0.2) is 0 Å². The standard InChI is InChI=1S/C14H12N2O4/c17-13-6-1-2-9-15(13)14(18)8-7-11-4-3-5-12(10-11)16(19)20/h1,3-8,10H,2,9H2. The van der Waals surface area contributed by atoms with Crippen molar-refractivity contribution in [3.63, 3.8) is 0 Å². The van der Waals surface area contributed by atoms with Gasteiger partial charge in [-0.2, -0.15) is 0 Å². The molecule has 0 saturated heterocycles. The maximum Gasteiger partial charge on any atom is 0.270 e. The second-order valence-corrected chi connectivity index (χ2v) is 4.20. The van der Waals surface area contributed by atoms with Gasteiger partial charge in [-0.05, 0) is 24.1 Å². The number of nitrogens with zero attached hydrogens (tertiary/aromatic N) is 2. The molecule has 1 aliphatic heterocycles. The number of non-ortho nitro benzene ring substituents is 1. The number of rotatable bonds is 3. The summed E-state index contributed by atoms with van der Waals surface area (Å²) in [5.41, 5.74) is 0.490. The first-order valence-electron chi connectivity index (χ1n) is 6.02. The minimum atomic E-state index is -0.502. The van der Waals surface area contributed by atoms with E-state index in [0.717, 1.165) is 4.90 Å². The van der Waals surface area contributed by atoms with Gasteiger partial charge < -0.3 is 0 Å². The molecule has 1 heterocycles. The molecule has 0 atom stereocenters. The van der Waals surface area contributed by atoms with Gasteiger partial charge in [-0.15, -0.1) is 0 Å². The Kier molecular flexibility index (Phi) is 4.05. The molecule has 0 fully saturated rings. The first kappa shape index (κ1) is 13.7. The van der Waals surface area contributed by atoms with E-state index in [1.807, 2.05) is 0 Å². The summed E-state index contributed by atoms with van der Waals surface area (Å²) in [6.07, 6.45) is 6.43. The molecule has 102 valence electrons. The van der Waals surface area contributed by atoms with Gasteiger partial charge in [-0.1, -0.05) is 18.2 Å². The Morgan fingerprint density at radius 2 is 2.20 bits per heavy atom.